The van der Waals surface area contributed by atoms with Crippen LogP contribution in [0.15, 0.2) is 47.9 Å². The van der Waals surface area contributed by atoms with Gasteiger partial charge in [0.1, 0.15) is 5.75 Å². The lowest BCUT2D eigenvalue weighted by molar-refractivity contribution is 0.414. The average molecular weight is 338 g/mol. The molecule has 0 saturated carbocycles. The topological polar surface area (TPSA) is 69.4 Å². The minimum Gasteiger partial charge on any atom is -0.497 e. The lowest BCUT2D eigenvalue weighted by Gasteiger charge is -2.03. The summed E-state index contributed by atoms with van der Waals surface area (Å²) in [6.45, 7) is 0. The van der Waals surface area contributed by atoms with Crippen molar-refractivity contribution in [3.8, 4) is 5.75 Å². The predicted octanol–water partition coefficient (Wildman–Crippen LogP) is 3.52. The van der Waals surface area contributed by atoms with Crippen molar-refractivity contribution < 1.29 is 13.2 Å². The molecule has 2 rings (SSSR count). The molecule has 0 bridgehead atoms. The molecule has 0 aliphatic carbocycles. The zero-order valence-corrected chi connectivity index (χ0v) is 13.6. The number of anilines is 1. The van der Waals surface area contributed by atoms with Gasteiger partial charge in [-0.1, -0.05) is 23.7 Å². The summed E-state index contributed by atoms with van der Waals surface area (Å²) in [5.74, 6) is 0.594. The molecule has 22 heavy (non-hydrogen) atoms. The smallest absolute Gasteiger partial charge is 0.175 e. The summed E-state index contributed by atoms with van der Waals surface area (Å²) in [6.07, 6.45) is 1.46. The molecule has 0 heterocycles. The minimum atomic E-state index is -3.40. The van der Waals surface area contributed by atoms with Crippen LogP contribution in [-0.4, -0.2) is 15.5 Å². The molecule has 116 valence electrons. The van der Waals surface area contributed by atoms with Gasteiger partial charge in [0.15, 0.2) is 9.84 Å². The number of sulfone groups is 1. The van der Waals surface area contributed by atoms with E-state index in [1.807, 2.05) is 0 Å². The van der Waals surface area contributed by atoms with E-state index in [9.17, 15) is 8.42 Å². The van der Waals surface area contributed by atoms with E-state index in [2.05, 4.69) is 0 Å². The van der Waals surface area contributed by atoms with Crippen LogP contribution in [0.1, 0.15) is 11.1 Å². The van der Waals surface area contributed by atoms with E-state index < -0.39 is 9.84 Å². The Bertz CT molecular complexity index is 784. The number of rotatable bonds is 5. The largest absolute Gasteiger partial charge is 0.497 e. The van der Waals surface area contributed by atoms with Crippen LogP contribution in [0.25, 0.3) is 6.08 Å². The van der Waals surface area contributed by atoms with Gasteiger partial charge < -0.3 is 10.5 Å². The third-order valence-electron chi connectivity index (χ3n) is 3.03. The highest BCUT2D eigenvalue weighted by Gasteiger charge is 2.08. The van der Waals surface area contributed by atoms with Gasteiger partial charge in [-0.15, -0.1) is 0 Å². The summed E-state index contributed by atoms with van der Waals surface area (Å²) < 4.78 is 29.3. The van der Waals surface area contributed by atoms with Crippen molar-refractivity contribution in [1.29, 1.82) is 0 Å². The summed E-state index contributed by atoms with van der Waals surface area (Å²) in [5, 5.41) is 1.65. The highest BCUT2D eigenvalue weighted by atomic mass is 35.5. The molecule has 0 aliphatic rings. The second-order valence-electron chi connectivity index (χ2n) is 4.73. The molecule has 0 atom stereocenters. The Morgan fingerprint density at radius 1 is 1.18 bits per heavy atom. The zero-order chi connectivity index (χ0) is 16.2. The molecule has 6 heteroatoms. The second kappa shape index (κ2) is 6.85. The van der Waals surface area contributed by atoms with Crippen molar-refractivity contribution in [1.82, 2.24) is 0 Å². The molecule has 4 nitrogen and oxygen atoms in total. The molecule has 0 radical (unpaired) electrons. The molecule has 0 spiro atoms. The molecule has 0 aromatic heterocycles. The Morgan fingerprint density at radius 2 is 1.86 bits per heavy atom. The van der Waals surface area contributed by atoms with Crippen LogP contribution in [0.3, 0.4) is 0 Å². The standard InChI is InChI=1S/C16H16ClNO3S/c1-21-15-5-2-12(3-6-15)11-22(19,20)9-8-13-10-14(17)4-7-16(13)18/h2-10H,11,18H2,1H3/b9-8+. The zero-order valence-electron chi connectivity index (χ0n) is 12.0. The maximum absolute atomic E-state index is 12.1. The quantitative estimate of drug-likeness (QED) is 0.847. The first-order valence-corrected chi connectivity index (χ1v) is 8.58. The van der Waals surface area contributed by atoms with Crippen molar-refractivity contribution in [3.63, 3.8) is 0 Å². The van der Waals surface area contributed by atoms with Crippen LogP contribution in [0, 0.1) is 0 Å². The van der Waals surface area contributed by atoms with Crippen molar-refractivity contribution >= 4 is 33.2 Å². The Balaban J connectivity index is 2.16. The number of hydrogen-bond acceptors (Lipinski definition) is 4. The Morgan fingerprint density at radius 3 is 2.50 bits per heavy atom. The highest BCUT2D eigenvalue weighted by molar-refractivity contribution is 7.93. The van der Waals surface area contributed by atoms with E-state index in [-0.39, 0.29) is 5.75 Å². The van der Waals surface area contributed by atoms with Gasteiger partial charge in [0.25, 0.3) is 0 Å². The maximum Gasteiger partial charge on any atom is 0.175 e. The molecule has 0 saturated heterocycles. The van der Waals surface area contributed by atoms with Crippen molar-refractivity contribution in [2.75, 3.05) is 12.8 Å². The first-order chi connectivity index (χ1) is 10.4. The van der Waals surface area contributed by atoms with Gasteiger partial charge in [0.2, 0.25) is 0 Å². The minimum absolute atomic E-state index is 0.0893. The fourth-order valence-corrected chi connectivity index (χ4v) is 3.16. The fourth-order valence-electron chi connectivity index (χ4n) is 1.87. The van der Waals surface area contributed by atoms with E-state index in [0.29, 0.717) is 27.6 Å². The molecule has 0 amide bonds. The lowest BCUT2D eigenvalue weighted by atomic mass is 10.2. The van der Waals surface area contributed by atoms with Gasteiger partial charge in [-0.05, 0) is 47.5 Å². The number of ether oxygens (including phenoxy) is 1. The number of halogens is 1. The van der Waals surface area contributed by atoms with E-state index in [4.69, 9.17) is 22.1 Å². The summed E-state index contributed by atoms with van der Waals surface area (Å²) in [5.41, 5.74) is 7.52. The maximum atomic E-state index is 12.1. The Hall–Kier alpha value is -1.98. The predicted molar refractivity (Wildman–Crippen MR) is 90.5 cm³/mol. The summed E-state index contributed by atoms with van der Waals surface area (Å²) in [7, 11) is -1.84. The molecular weight excluding hydrogens is 322 g/mol. The lowest BCUT2D eigenvalue weighted by Crippen LogP contribution is -2.00. The molecule has 2 aromatic carbocycles. The van der Waals surface area contributed by atoms with E-state index in [1.54, 1.807) is 49.6 Å². The van der Waals surface area contributed by atoms with Crippen molar-refractivity contribution in [3.05, 3.63) is 64.0 Å². The first kappa shape index (κ1) is 16.4. The van der Waals surface area contributed by atoms with Crippen LogP contribution >= 0.6 is 11.6 Å². The number of nitrogen functional groups attached to an aromatic ring is 1. The van der Waals surface area contributed by atoms with Crippen LogP contribution in [-0.2, 0) is 15.6 Å². The Kier molecular flexibility index (Phi) is 5.11. The monoisotopic (exact) mass is 337 g/mol. The van der Waals surface area contributed by atoms with Crippen LogP contribution < -0.4 is 10.5 Å². The molecular formula is C16H16ClNO3S. The normalized spacial score (nSPS) is 11.7. The number of nitrogens with two attached hydrogens (primary N) is 1. The SMILES string of the molecule is COc1ccc(CS(=O)(=O)/C=C/c2cc(Cl)ccc2N)cc1. The van der Waals surface area contributed by atoms with Gasteiger partial charge >= 0.3 is 0 Å². The Labute approximate surface area is 135 Å². The van der Waals surface area contributed by atoms with Crippen LogP contribution in [0.2, 0.25) is 5.02 Å². The van der Waals surface area contributed by atoms with Crippen LogP contribution in [0.4, 0.5) is 5.69 Å². The third-order valence-corrected chi connectivity index (χ3v) is 4.55. The second-order valence-corrected chi connectivity index (χ2v) is 7.05. The van der Waals surface area contributed by atoms with E-state index >= 15 is 0 Å². The van der Waals surface area contributed by atoms with Crippen LogP contribution in [0.5, 0.6) is 5.75 Å². The fraction of sp³-hybridized carbons (Fsp3) is 0.125. The summed E-state index contributed by atoms with van der Waals surface area (Å²) >= 11 is 5.87. The van der Waals surface area contributed by atoms with Gasteiger partial charge in [0, 0.05) is 16.1 Å². The summed E-state index contributed by atoms with van der Waals surface area (Å²) in [4.78, 5) is 0. The van der Waals surface area contributed by atoms with Gasteiger partial charge in [-0.3, -0.25) is 0 Å². The molecule has 0 fully saturated rings. The molecule has 0 unspecified atom stereocenters. The third kappa shape index (κ3) is 4.51. The number of methoxy groups -OCH3 is 1. The highest BCUT2D eigenvalue weighted by Crippen LogP contribution is 2.20. The number of benzene rings is 2. The van der Waals surface area contributed by atoms with E-state index in [0.717, 1.165) is 5.41 Å². The molecule has 0 aliphatic heterocycles. The van der Waals surface area contributed by atoms with Crippen molar-refractivity contribution in [2.24, 2.45) is 0 Å². The summed E-state index contributed by atoms with van der Waals surface area (Å²) in [6, 6.07) is 11.8. The molecule has 2 aromatic rings. The first-order valence-electron chi connectivity index (χ1n) is 6.48. The van der Waals surface area contributed by atoms with Gasteiger partial charge in [-0.2, -0.15) is 0 Å². The average Bonchev–Trinajstić information content (AvgIpc) is 2.49. The van der Waals surface area contributed by atoms with Gasteiger partial charge in [-0.25, -0.2) is 8.42 Å². The molecule has 2 N–H and O–H groups in total. The van der Waals surface area contributed by atoms with E-state index in [1.165, 1.54) is 6.08 Å². The number of hydrogen-bond donors (Lipinski definition) is 1. The van der Waals surface area contributed by atoms with Gasteiger partial charge in [0.05, 0.1) is 12.9 Å². The van der Waals surface area contributed by atoms with Crippen molar-refractivity contribution in [2.45, 2.75) is 5.75 Å².